The molecule has 0 aromatic heterocycles. The van der Waals surface area contributed by atoms with E-state index in [-0.39, 0.29) is 11.7 Å². The first kappa shape index (κ1) is 7.70. The summed E-state index contributed by atoms with van der Waals surface area (Å²) in [5.41, 5.74) is 1.24. The molecular formula is C6H9ClO. The van der Waals surface area contributed by atoms with Gasteiger partial charge in [-0.15, -0.1) is 0 Å². The standard InChI is InChI=1S/C6H9ClO/c1-5(2)6(8)3-4-7/h3-5H,1-2H3. The van der Waals surface area contributed by atoms with Gasteiger partial charge in [0.15, 0.2) is 5.78 Å². The van der Waals surface area contributed by atoms with Gasteiger partial charge in [-0.1, -0.05) is 25.4 Å². The smallest absolute Gasteiger partial charge is 0.159 e. The fourth-order valence-electron chi connectivity index (χ4n) is 0.255. The van der Waals surface area contributed by atoms with Crippen molar-refractivity contribution in [3.8, 4) is 0 Å². The monoisotopic (exact) mass is 132 g/mol. The van der Waals surface area contributed by atoms with Gasteiger partial charge >= 0.3 is 0 Å². The van der Waals surface area contributed by atoms with Crippen LogP contribution < -0.4 is 0 Å². The first-order valence-corrected chi connectivity index (χ1v) is 2.92. The highest BCUT2D eigenvalue weighted by Gasteiger charge is 1.99. The Kier molecular flexibility index (Phi) is 3.53. The van der Waals surface area contributed by atoms with E-state index in [1.807, 2.05) is 13.8 Å². The maximum atomic E-state index is 10.6. The summed E-state index contributed by atoms with van der Waals surface area (Å²) >= 11 is 5.14. The summed E-state index contributed by atoms with van der Waals surface area (Å²) in [4.78, 5) is 10.6. The highest BCUT2D eigenvalue weighted by molar-refractivity contribution is 6.26. The largest absolute Gasteiger partial charge is 0.295 e. The number of halogens is 1. The van der Waals surface area contributed by atoms with Crippen LogP contribution >= 0.6 is 11.6 Å². The van der Waals surface area contributed by atoms with Gasteiger partial charge in [0, 0.05) is 11.5 Å². The van der Waals surface area contributed by atoms with Crippen LogP contribution in [0.3, 0.4) is 0 Å². The van der Waals surface area contributed by atoms with Gasteiger partial charge in [-0.25, -0.2) is 0 Å². The van der Waals surface area contributed by atoms with E-state index in [0.29, 0.717) is 0 Å². The predicted molar refractivity (Wildman–Crippen MR) is 34.8 cm³/mol. The first-order valence-electron chi connectivity index (χ1n) is 2.49. The predicted octanol–water partition coefficient (Wildman–Crippen LogP) is 1.96. The highest BCUT2D eigenvalue weighted by Crippen LogP contribution is 1.95. The zero-order chi connectivity index (χ0) is 6.57. The van der Waals surface area contributed by atoms with Crippen LogP contribution in [0.1, 0.15) is 13.8 Å². The second-order valence-electron chi connectivity index (χ2n) is 1.85. The lowest BCUT2D eigenvalue weighted by Gasteiger charge is -1.93. The van der Waals surface area contributed by atoms with Crippen LogP contribution in [0, 0.1) is 5.92 Å². The minimum atomic E-state index is 0.0602. The molecule has 0 rings (SSSR count). The van der Waals surface area contributed by atoms with Crippen molar-refractivity contribution in [3.63, 3.8) is 0 Å². The Hall–Kier alpha value is -0.300. The maximum Gasteiger partial charge on any atom is 0.159 e. The van der Waals surface area contributed by atoms with Gasteiger partial charge in [0.2, 0.25) is 0 Å². The topological polar surface area (TPSA) is 17.1 Å². The fraction of sp³-hybridized carbons (Fsp3) is 0.500. The molecule has 0 unspecified atom stereocenters. The van der Waals surface area contributed by atoms with E-state index in [1.54, 1.807) is 0 Å². The Balaban J connectivity index is 3.66. The van der Waals surface area contributed by atoms with E-state index >= 15 is 0 Å². The molecule has 0 heterocycles. The number of carbonyl (C=O) groups excluding carboxylic acids is 1. The van der Waals surface area contributed by atoms with Gasteiger partial charge in [0.1, 0.15) is 0 Å². The lowest BCUT2D eigenvalue weighted by Crippen LogP contribution is -2.01. The number of hydrogen-bond acceptors (Lipinski definition) is 1. The zero-order valence-electron chi connectivity index (χ0n) is 5.02. The molecule has 0 radical (unpaired) electrons. The molecule has 0 fully saturated rings. The van der Waals surface area contributed by atoms with Crippen molar-refractivity contribution in [2.75, 3.05) is 0 Å². The minimum absolute atomic E-state index is 0.0602. The van der Waals surface area contributed by atoms with Crippen LogP contribution in [0.5, 0.6) is 0 Å². The molecule has 0 spiro atoms. The Bertz CT molecular complexity index is 105. The van der Waals surface area contributed by atoms with Gasteiger partial charge in [0.25, 0.3) is 0 Å². The normalized spacial score (nSPS) is 11.0. The van der Waals surface area contributed by atoms with Crippen LogP contribution in [0.25, 0.3) is 0 Å². The molecular weight excluding hydrogens is 124 g/mol. The molecule has 0 aromatic carbocycles. The van der Waals surface area contributed by atoms with Gasteiger partial charge in [0.05, 0.1) is 0 Å². The number of allylic oxidation sites excluding steroid dienone is 1. The van der Waals surface area contributed by atoms with E-state index in [2.05, 4.69) is 0 Å². The summed E-state index contributed by atoms with van der Waals surface area (Å²) in [6, 6.07) is 0. The molecule has 0 aliphatic rings. The van der Waals surface area contributed by atoms with Crippen molar-refractivity contribution >= 4 is 17.4 Å². The average Bonchev–Trinajstić information content (AvgIpc) is 1.67. The average molecular weight is 133 g/mol. The van der Waals surface area contributed by atoms with Gasteiger partial charge in [-0.05, 0) is 6.08 Å². The molecule has 0 aromatic rings. The third-order valence-electron chi connectivity index (χ3n) is 0.796. The molecule has 0 saturated heterocycles. The SMILES string of the molecule is CC(C)C(=O)C=CCl. The molecule has 0 aliphatic heterocycles. The summed E-state index contributed by atoms with van der Waals surface area (Å²) in [6.45, 7) is 3.67. The third-order valence-corrected chi connectivity index (χ3v) is 0.922. The lowest BCUT2D eigenvalue weighted by atomic mass is 10.1. The molecule has 2 heteroatoms. The highest BCUT2D eigenvalue weighted by atomic mass is 35.5. The van der Waals surface area contributed by atoms with Gasteiger partial charge < -0.3 is 0 Å². The molecule has 0 atom stereocenters. The molecule has 0 N–H and O–H groups in total. The van der Waals surface area contributed by atoms with Crippen molar-refractivity contribution in [1.82, 2.24) is 0 Å². The Morgan fingerprint density at radius 1 is 1.62 bits per heavy atom. The summed E-state index contributed by atoms with van der Waals surface area (Å²) in [7, 11) is 0. The molecule has 0 aliphatic carbocycles. The molecule has 8 heavy (non-hydrogen) atoms. The summed E-state index contributed by atoms with van der Waals surface area (Å²) < 4.78 is 0. The maximum absolute atomic E-state index is 10.6. The van der Waals surface area contributed by atoms with E-state index < -0.39 is 0 Å². The number of ketones is 1. The van der Waals surface area contributed by atoms with Gasteiger partial charge in [-0.2, -0.15) is 0 Å². The van der Waals surface area contributed by atoms with Crippen molar-refractivity contribution < 1.29 is 4.79 Å². The molecule has 0 saturated carbocycles. The van der Waals surface area contributed by atoms with Crippen LogP contribution in [0.4, 0.5) is 0 Å². The van der Waals surface area contributed by atoms with Crippen molar-refractivity contribution in [2.24, 2.45) is 5.92 Å². The quantitative estimate of drug-likeness (QED) is 0.525. The minimum Gasteiger partial charge on any atom is -0.295 e. The van der Waals surface area contributed by atoms with Crippen LogP contribution in [0.15, 0.2) is 11.6 Å². The number of carbonyl (C=O) groups is 1. The van der Waals surface area contributed by atoms with Crippen molar-refractivity contribution in [1.29, 1.82) is 0 Å². The van der Waals surface area contributed by atoms with Crippen molar-refractivity contribution in [2.45, 2.75) is 13.8 Å². The molecule has 0 bridgehead atoms. The van der Waals surface area contributed by atoms with Gasteiger partial charge in [-0.3, -0.25) is 4.79 Å². The first-order chi connectivity index (χ1) is 3.68. The molecule has 1 nitrogen and oxygen atoms in total. The van der Waals surface area contributed by atoms with E-state index in [9.17, 15) is 4.79 Å². The Labute approximate surface area is 54.3 Å². The zero-order valence-corrected chi connectivity index (χ0v) is 5.77. The van der Waals surface area contributed by atoms with Crippen molar-refractivity contribution in [3.05, 3.63) is 11.6 Å². The van der Waals surface area contributed by atoms with E-state index in [0.717, 1.165) is 0 Å². The lowest BCUT2D eigenvalue weighted by molar-refractivity contribution is -0.117. The summed E-state index contributed by atoms with van der Waals surface area (Å²) in [5, 5.41) is 0. The Morgan fingerprint density at radius 2 is 2.12 bits per heavy atom. The second-order valence-corrected chi connectivity index (χ2v) is 2.10. The number of rotatable bonds is 2. The second kappa shape index (κ2) is 3.67. The molecule has 0 amide bonds. The molecule has 46 valence electrons. The third kappa shape index (κ3) is 2.80. The number of hydrogen-bond donors (Lipinski definition) is 0. The van der Waals surface area contributed by atoms with E-state index in [4.69, 9.17) is 11.6 Å². The van der Waals surface area contributed by atoms with Crippen LogP contribution in [-0.4, -0.2) is 5.78 Å². The van der Waals surface area contributed by atoms with E-state index in [1.165, 1.54) is 11.6 Å². The Morgan fingerprint density at radius 3 is 2.25 bits per heavy atom. The summed E-state index contributed by atoms with van der Waals surface area (Å²) in [6.07, 6.45) is 1.37. The van der Waals surface area contributed by atoms with Crippen LogP contribution in [-0.2, 0) is 4.79 Å². The fourth-order valence-corrected chi connectivity index (χ4v) is 0.379. The van der Waals surface area contributed by atoms with Crippen LogP contribution in [0.2, 0.25) is 0 Å². The summed E-state index contributed by atoms with van der Waals surface area (Å²) in [5.74, 6) is 0.130.